The molecule has 0 N–H and O–H groups in total. The largest absolute Gasteiger partial charge is 0.366 e. The van der Waals surface area contributed by atoms with Gasteiger partial charge in [0.05, 0.1) is 15.6 Å². The zero-order valence-corrected chi connectivity index (χ0v) is 17.9. The Bertz CT molecular complexity index is 957. The van der Waals surface area contributed by atoms with E-state index in [1.807, 2.05) is 6.07 Å². The van der Waals surface area contributed by atoms with Crippen LogP contribution in [0.4, 0.5) is 17.1 Å². The van der Waals surface area contributed by atoms with Crippen LogP contribution in [0.25, 0.3) is 0 Å². The number of nitro benzene ring substituents is 1. The molecule has 0 radical (unpaired) electrons. The average molecular weight is 420 g/mol. The minimum absolute atomic E-state index is 0.0718. The van der Waals surface area contributed by atoms with E-state index < -0.39 is 4.92 Å². The van der Waals surface area contributed by atoms with E-state index in [1.54, 1.807) is 12.3 Å². The van der Waals surface area contributed by atoms with Gasteiger partial charge in [0.15, 0.2) is 0 Å². The van der Waals surface area contributed by atoms with Crippen molar-refractivity contribution in [1.82, 2.24) is 0 Å². The highest BCUT2D eigenvalue weighted by molar-refractivity contribution is 6.33. The fraction of sp³-hybridized carbons (Fsp3) is 0.381. The zero-order valence-electron chi connectivity index (χ0n) is 16.4. The Balaban J connectivity index is 1.99. The summed E-state index contributed by atoms with van der Waals surface area (Å²) in [5, 5.41) is 11.7. The van der Waals surface area contributed by atoms with Crippen LogP contribution >= 0.6 is 23.2 Å². The molecule has 3 rings (SSSR count). The van der Waals surface area contributed by atoms with Crippen molar-refractivity contribution >= 4 is 46.5 Å². The van der Waals surface area contributed by atoms with Gasteiger partial charge in [0, 0.05) is 35.6 Å². The second-order valence-corrected chi connectivity index (χ2v) is 8.56. The first kappa shape index (κ1) is 20.6. The number of rotatable bonds is 4. The number of fused-ring (bicyclic) bond motifs is 1. The van der Waals surface area contributed by atoms with Gasteiger partial charge >= 0.3 is 0 Å². The maximum Gasteiger partial charge on any atom is 0.290 e. The second kappa shape index (κ2) is 7.72. The fourth-order valence-corrected chi connectivity index (χ4v) is 4.48. The van der Waals surface area contributed by atoms with E-state index in [-0.39, 0.29) is 16.2 Å². The monoisotopic (exact) mass is 419 g/mol. The Labute approximate surface area is 175 Å². The average Bonchev–Trinajstić information content (AvgIpc) is 2.60. The molecule has 0 saturated carbocycles. The SMILES string of the molecule is CCN1c2cc(Cl)c(C=Nc3ccc(Cl)c([N+](=O)[O-])c3)cc2C(C)CC1(C)C. The van der Waals surface area contributed by atoms with Crippen molar-refractivity contribution < 1.29 is 4.92 Å². The summed E-state index contributed by atoms with van der Waals surface area (Å²) in [4.78, 5) is 17.3. The molecule has 1 unspecified atom stereocenters. The van der Waals surface area contributed by atoms with Gasteiger partial charge < -0.3 is 4.90 Å². The maximum atomic E-state index is 11.1. The number of halogens is 2. The summed E-state index contributed by atoms with van der Waals surface area (Å²) in [5.74, 6) is 0.397. The van der Waals surface area contributed by atoms with Crippen LogP contribution in [0.5, 0.6) is 0 Å². The summed E-state index contributed by atoms with van der Waals surface area (Å²) in [6.07, 6.45) is 2.70. The van der Waals surface area contributed by atoms with Crippen molar-refractivity contribution in [3.8, 4) is 0 Å². The molecule has 0 spiro atoms. The summed E-state index contributed by atoms with van der Waals surface area (Å²) < 4.78 is 0. The number of benzene rings is 2. The third-order valence-corrected chi connectivity index (χ3v) is 5.95. The van der Waals surface area contributed by atoms with E-state index in [4.69, 9.17) is 23.2 Å². The number of hydrogen-bond donors (Lipinski definition) is 0. The quantitative estimate of drug-likeness (QED) is 0.312. The first-order valence-corrected chi connectivity index (χ1v) is 9.98. The van der Waals surface area contributed by atoms with Crippen molar-refractivity contribution in [3.05, 3.63) is 61.6 Å². The van der Waals surface area contributed by atoms with Gasteiger partial charge in [0.2, 0.25) is 0 Å². The number of hydrogen-bond acceptors (Lipinski definition) is 4. The van der Waals surface area contributed by atoms with Crippen molar-refractivity contribution in [2.75, 3.05) is 11.4 Å². The zero-order chi connectivity index (χ0) is 20.6. The number of anilines is 1. The lowest BCUT2D eigenvalue weighted by Gasteiger charge is -2.47. The fourth-order valence-electron chi connectivity index (χ4n) is 4.08. The Morgan fingerprint density at radius 3 is 2.64 bits per heavy atom. The molecule has 1 heterocycles. The van der Waals surface area contributed by atoms with E-state index in [2.05, 4.69) is 43.7 Å². The van der Waals surface area contributed by atoms with Gasteiger partial charge in [-0.15, -0.1) is 0 Å². The van der Waals surface area contributed by atoms with Crippen LogP contribution in [0.2, 0.25) is 10.0 Å². The molecule has 1 aliphatic rings. The van der Waals surface area contributed by atoms with E-state index in [9.17, 15) is 10.1 Å². The lowest BCUT2D eigenvalue weighted by Crippen LogP contribution is -2.48. The molecule has 5 nitrogen and oxygen atoms in total. The number of aliphatic imine (C=N–C) groups is 1. The van der Waals surface area contributed by atoms with E-state index in [0.29, 0.717) is 16.6 Å². The van der Waals surface area contributed by atoms with Gasteiger partial charge in [-0.1, -0.05) is 30.1 Å². The molecular weight excluding hydrogens is 397 g/mol. The molecule has 2 aromatic rings. The van der Waals surface area contributed by atoms with E-state index in [0.717, 1.165) is 24.2 Å². The Morgan fingerprint density at radius 2 is 2.00 bits per heavy atom. The molecule has 148 valence electrons. The molecule has 0 aromatic heterocycles. The highest BCUT2D eigenvalue weighted by Gasteiger charge is 2.35. The summed E-state index contributed by atoms with van der Waals surface area (Å²) in [5.41, 5.74) is 3.56. The lowest BCUT2D eigenvalue weighted by molar-refractivity contribution is -0.384. The standard InChI is InChI=1S/C21H23Cl2N3O2/c1-5-25-19-10-18(23)14(8-16(19)13(2)11-21(25,3)4)12-24-15-6-7-17(22)20(9-15)26(27)28/h6-10,12-13H,5,11H2,1-4H3. The topological polar surface area (TPSA) is 58.7 Å². The molecule has 7 heteroatoms. The summed E-state index contributed by atoms with van der Waals surface area (Å²) >= 11 is 12.4. The minimum atomic E-state index is -0.518. The molecule has 0 saturated heterocycles. The van der Waals surface area contributed by atoms with Gasteiger partial charge in [0.25, 0.3) is 5.69 Å². The highest BCUT2D eigenvalue weighted by Crippen LogP contribution is 2.44. The minimum Gasteiger partial charge on any atom is -0.366 e. The molecule has 0 aliphatic carbocycles. The summed E-state index contributed by atoms with van der Waals surface area (Å²) in [6.45, 7) is 9.80. The first-order chi connectivity index (χ1) is 13.1. The van der Waals surface area contributed by atoms with Crippen molar-refractivity contribution in [2.45, 2.75) is 45.6 Å². The highest BCUT2D eigenvalue weighted by atomic mass is 35.5. The Kier molecular flexibility index (Phi) is 5.69. The molecule has 0 amide bonds. The van der Waals surface area contributed by atoms with E-state index >= 15 is 0 Å². The van der Waals surface area contributed by atoms with Crippen LogP contribution in [0.1, 0.15) is 51.2 Å². The van der Waals surface area contributed by atoms with Crippen molar-refractivity contribution in [3.63, 3.8) is 0 Å². The lowest BCUT2D eigenvalue weighted by atomic mass is 9.79. The maximum absolute atomic E-state index is 11.1. The predicted molar refractivity (Wildman–Crippen MR) is 117 cm³/mol. The van der Waals surface area contributed by atoms with Crippen LogP contribution in [0.15, 0.2) is 35.3 Å². The van der Waals surface area contributed by atoms with Gasteiger partial charge in [-0.25, -0.2) is 0 Å². The Morgan fingerprint density at radius 1 is 1.29 bits per heavy atom. The number of nitrogens with zero attached hydrogens (tertiary/aromatic N) is 3. The summed E-state index contributed by atoms with van der Waals surface area (Å²) in [7, 11) is 0. The first-order valence-electron chi connectivity index (χ1n) is 9.23. The number of nitro groups is 1. The molecular formula is C21H23Cl2N3O2. The van der Waals surface area contributed by atoms with E-state index in [1.165, 1.54) is 17.7 Å². The van der Waals surface area contributed by atoms with Crippen LogP contribution in [0.3, 0.4) is 0 Å². The van der Waals surface area contributed by atoms with Gasteiger partial charge in [-0.2, -0.15) is 0 Å². The normalized spacial score (nSPS) is 18.4. The predicted octanol–water partition coefficient (Wildman–Crippen LogP) is 6.76. The van der Waals surface area contributed by atoms with Gasteiger partial charge in [-0.05, 0) is 62.9 Å². The van der Waals surface area contributed by atoms with Crippen LogP contribution in [0, 0.1) is 10.1 Å². The van der Waals surface area contributed by atoms with Crippen molar-refractivity contribution in [1.29, 1.82) is 0 Å². The van der Waals surface area contributed by atoms with Crippen LogP contribution in [-0.2, 0) is 0 Å². The molecule has 0 fully saturated rings. The second-order valence-electron chi connectivity index (χ2n) is 7.75. The van der Waals surface area contributed by atoms with Crippen LogP contribution in [-0.4, -0.2) is 23.2 Å². The summed E-state index contributed by atoms with van der Waals surface area (Å²) in [6, 6.07) is 8.55. The molecule has 28 heavy (non-hydrogen) atoms. The molecule has 1 aliphatic heterocycles. The molecule has 2 aromatic carbocycles. The Hall–Kier alpha value is -2.11. The van der Waals surface area contributed by atoms with Crippen molar-refractivity contribution in [2.24, 2.45) is 4.99 Å². The smallest absolute Gasteiger partial charge is 0.290 e. The molecule has 1 atom stereocenters. The van der Waals surface area contributed by atoms with Gasteiger partial charge in [-0.3, -0.25) is 15.1 Å². The van der Waals surface area contributed by atoms with Crippen LogP contribution < -0.4 is 4.90 Å². The molecule has 0 bridgehead atoms. The third kappa shape index (κ3) is 3.87. The third-order valence-electron chi connectivity index (χ3n) is 5.30. The van der Waals surface area contributed by atoms with Gasteiger partial charge in [0.1, 0.15) is 5.02 Å².